The Labute approximate surface area is 73.0 Å². The van der Waals surface area contributed by atoms with Gasteiger partial charge >= 0.3 is 0 Å². The highest BCUT2D eigenvalue weighted by atomic mass is 16.3. The summed E-state index contributed by atoms with van der Waals surface area (Å²) < 4.78 is 0. The minimum atomic E-state index is -0.729. The summed E-state index contributed by atoms with van der Waals surface area (Å²) in [6, 6.07) is 0. The van der Waals surface area contributed by atoms with Crippen LogP contribution in [0.4, 0.5) is 0 Å². The Bertz CT molecular complexity index is 138. The van der Waals surface area contributed by atoms with Crippen LogP contribution in [0.15, 0.2) is 0 Å². The van der Waals surface area contributed by atoms with Gasteiger partial charge in [0, 0.05) is 6.42 Å². The molecule has 0 saturated heterocycles. The number of hydrogen-bond donors (Lipinski definition) is 3. The third-order valence-electron chi connectivity index (χ3n) is 2.67. The van der Waals surface area contributed by atoms with Crippen molar-refractivity contribution in [3.63, 3.8) is 0 Å². The van der Waals surface area contributed by atoms with Crippen molar-refractivity contribution in [2.75, 3.05) is 0 Å². The molecule has 0 aliphatic heterocycles. The van der Waals surface area contributed by atoms with Crippen molar-refractivity contribution in [3.05, 3.63) is 0 Å². The monoisotopic (exact) mass is 174 g/mol. The smallest absolute Gasteiger partial charge is 0.0823 e. The van der Waals surface area contributed by atoms with Crippen molar-refractivity contribution < 1.29 is 15.3 Å². The van der Waals surface area contributed by atoms with Crippen LogP contribution in [0.2, 0.25) is 0 Å². The van der Waals surface area contributed by atoms with Gasteiger partial charge in [-0.05, 0) is 18.8 Å². The molecule has 1 fully saturated rings. The van der Waals surface area contributed by atoms with Crippen molar-refractivity contribution >= 4 is 0 Å². The van der Waals surface area contributed by atoms with Crippen molar-refractivity contribution in [2.24, 2.45) is 5.92 Å². The zero-order chi connectivity index (χ0) is 9.14. The average molecular weight is 174 g/mol. The van der Waals surface area contributed by atoms with Gasteiger partial charge in [0.2, 0.25) is 0 Å². The highest BCUT2D eigenvalue weighted by Gasteiger charge is 2.33. The van der Waals surface area contributed by atoms with E-state index in [1.165, 1.54) is 0 Å². The molecule has 0 aromatic rings. The fraction of sp³-hybridized carbons (Fsp3) is 1.00. The Kier molecular flexibility index (Phi) is 3.50. The lowest BCUT2D eigenvalue weighted by Crippen LogP contribution is -2.41. The van der Waals surface area contributed by atoms with Gasteiger partial charge in [-0.1, -0.05) is 13.3 Å². The van der Waals surface area contributed by atoms with E-state index in [0.717, 1.165) is 12.8 Å². The summed E-state index contributed by atoms with van der Waals surface area (Å²) in [5.74, 6) is 0.174. The summed E-state index contributed by atoms with van der Waals surface area (Å²) >= 11 is 0. The second-order valence-corrected chi connectivity index (χ2v) is 3.72. The maximum atomic E-state index is 9.52. The molecule has 1 saturated carbocycles. The topological polar surface area (TPSA) is 60.7 Å². The van der Waals surface area contributed by atoms with Gasteiger partial charge in [0.05, 0.1) is 18.3 Å². The first-order valence-corrected chi connectivity index (χ1v) is 4.69. The molecule has 1 rings (SSSR count). The van der Waals surface area contributed by atoms with Crippen LogP contribution in [-0.4, -0.2) is 33.6 Å². The number of hydrogen-bond acceptors (Lipinski definition) is 3. The molecule has 12 heavy (non-hydrogen) atoms. The molecule has 1 aliphatic carbocycles. The molecular formula is C9H18O3. The summed E-state index contributed by atoms with van der Waals surface area (Å²) in [6.45, 7) is 2.06. The Morgan fingerprint density at radius 2 is 1.58 bits per heavy atom. The van der Waals surface area contributed by atoms with Crippen LogP contribution in [0.25, 0.3) is 0 Å². The van der Waals surface area contributed by atoms with E-state index < -0.39 is 18.3 Å². The van der Waals surface area contributed by atoms with Crippen LogP contribution in [0.3, 0.4) is 0 Å². The largest absolute Gasteiger partial charge is 0.393 e. The third-order valence-corrected chi connectivity index (χ3v) is 2.67. The number of rotatable bonds is 2. The number of aliphatic hydroxyl groups excluding tert-OH is 3. The van der Waals surface area contributed by atoms with Crippen LogP contribution < -0.4 is 0 Å². The van der Waals surface area contributed by atoms with Gasteiger partial charge in [0.15, 0.2) is 0 Å². The summed E-state index contributed by atoms with van der Waals surface area (Å²) in [5.41, 5.74) is 0. The Hall–Kier alpha value is -0.120. The second-order valence-electron chi connectivity index (χ2n) is 3.72. The van der Waals surface area contributed by atoms with E-state index in [-0.39, 0.29) is 5.92 Å². The molecule has 3 heteroatoms. The van der Waals surface area contributed by atoms with Crippen molar-refractivity contribution in [1.29, 1.82) is 0 Å². The maximum absolute atomic E-state index is 9.52. The lowest BCUT2D eigenvalue weighted by molar-refractivity contribution is -0.0786. The predicted molar refractivity (Wildman–Crippen MR) is 45.7 cm³/mol. The van der Waals surface area contributed by atoms with E-state index in [0.29, 0.717) is 12.8 Å². The second kappa shape index (κ2) is 4.21. The van der Waals surface area contributed by atoms with Crippen LogP contribution in [0, 0.1) is 5.92 Å². The van der Waals surface area contributed by atoms with Gasteiger partial charge in [-0.2, -0.15) is 0 Å². The highest BCUT2D eigenvalue weighted by Crippen LogP contribution is 2.28. The summed E-state index contributed by atoms with van der Waals surface area (Å²) in [4.78, 5) is 0. The van der Waals surface area contributed by atoms with E-state index in [1.807, 2.05) is 0 Å². The van der Waals surface area contributed by atoms with Crippen molar-refractivity contribution in [2.45, 2.75) is 50.9 Å². The van der Waals surface area contributed by atoms with E-state index in [1.54, 1.807) is 0 Å². The van der Waals surface area contributed by atoms with E-state index >= 15 is 0 Å². The molecule has 1 aliphatic rings. The lowest BCUT2D eigenvalue weighted by atomic mass is 9.80. The van der Waals surface area contributed by atoms with Crippen LogP contribution in [0.1, 0.15) is 32.6 Å². The summed E-state index contributed by atoms with van der Waals surface area (Å²) in [5, 5.41) is 28.1. The Morgan fingerprint density at radius 1 is 1.00 bits per heavy atom. The maximum Gasteiger partial charge on any atom is 0.0823 e. The number of aliphatic hydroxyl groups is 3. The minimum Gasteiger partial charge on any atom is -0.393 e. The zero-order valence-electron chi connectivity index (χ0n) is 7.48. The first-order chi connectivity index (χ1) is 5.65. The normalized spacial score (nSPS) is 43.0. The average Bonchev–Trinajstić information content (AvgIpc) is 2.01. The van der Waals surface area contributed by atoms with E-state index in [2.05, 4.69) is 6.92 Å². The van der Waals surface area contributed by atoms with E-state index in [9.17, 15) is 15.3 Å². The fourth-order valence-corrected chi connectivity index (χ4v) is 1.90. The fourth-order valence-electron chi connectivity index (χ4n) is 1.90. The molecule has 4 atom stereocenters. The summed E-state index contributed by atoms with van der Waals surface area (Å²) in [7, 11) is 0. The summed E-state index contributed by atoms with van der Waals surface area (Å²) in [6.07, 6.45) is 1.03. The SMILES string of the molecule is CCCC1CC(O)C(O)CC1O. The minimum absolute atomic E-state index is 0.174. The first kappa shape index (κ1) is 9.96. The highest BCUT2D eigenvalue weighted by molar-refractivity contribution is 4.84. The molecule has 3 N–H and O–H groups in total. The van der Waals surface area contributed by atoms with Gasteiger partial charge in [-0.15, -0.1) is 0 Å². The predicted octanol–water partition coefficient (Wildman–Crippen LogP) is 0.279. The van der Waals surface area contributed by atoms with Gasteiger partial charge < -0.3 is 15.3 Å². The van der Waals surface area contributed by atoms with Gasteiger partial charge in [-0.25, -0.2) is 0 Å². The molecule has 4 unspecified atom stereocenters. The molecule has 0 amide bonds. The Morgan fingerprint density at radius 3 is 2.17 bits per heavy atom. The van der Waals surface area contributed by atoms with Crippen LogP contribution in [0.5, 0.6) is 0 Å². The van der Waals surface area contributed by atoms with Gasteiger partial charge in [0.25, 0.3) is 0 Å². The van der Waals surface area contributed by atoms with E-state index in [4.69, 9.17) is 0 Å². The molecule has 0 spiro atoms. The van der Waals surface area contributed by atoms with Gasteiger partial charge in [-0.3, -0.25) is 0 Å². The lowest BCUT2D eigenvalue weighted by Gasteiger charge is -2.34. The Balaban J connectivity index is 2.43. The van der Waals surface area contributed by atoms with Gasteiger partial charge in [0.1, 0.15) is 0 Å². The molecule has 72 valence electrons. The van der Waals surface area contributed by atoms with Crippen molar-refractivity contribution in [1.82, 2.24) is 0 Å². The quantitative estimate of drug-likeness (QED) is 0.563. The molecular weight excluding hydrogens is 156 g/mol. The zero-order valence-corrected chi connectivity index (χ0v) is 7.48. The molecule has 0 bridgehead atoms. The van der Waals surface area contributed by atoms with Crippen LogP contribution in [-0.2, 0) is 0 Å². The molecule has 0 aromatic heterocycles. The molecule has 0 radical (unpaired) electrons. The third kappa shape index (κ3) is 2.19. The molecule has 0 aromatic carbocycles. The van der Waals surface area contributed by atoms with Crippen LogP contribution >= 0.6 is 0 Å². The standard InChI is InChI=1S/C9H18O3/c1-2-3-6-4-8(11)9(12)5-7(6)10/h6-12H,2-5H2,1H3. The first-order valence-electron chi connectivity index (χ1n) is 4.69. The molecule has 3 nitrogen and oxygen atoms in total. The molecule has 0 heterocycles. The van der Waals surface area contributed by atoms with Crippen molar-refractivity contribution in [3.8, 4) is 0 Å².